The van der Waals surface area contributed by atoms with Gasteiger partial charge in [0.05, 0.1) is 6.54 Å². The molecule has 8 rings (SSSR count). The quantitative estimate of drug-likeness (QED) is 0.255. The molecule has 0 fully saturated rings. The van der Waals surface area contributed by atoms with Crippen molar-refractivity contribution in [2.45, 2.75) is 26.3 Å². The molecule has 0 saturated carbocycles. The summed E-state index contributed by atoms with van der Waals surface area (Å²) in [6, 6.07) is 24.7. The van der Waals surface area contributed by atoms with Crippen LogP contribution in [-0.2, 0) is 13.0 Å². The number of nitrogens with zero attached hydrogens (tertiary/aromatic N) is 5. The van der Waals surface area contributed by atoms with Gasteiger partial charge in [-0.15, -0.1) is 0 Å². The van der Waals surface area contributed by atoms with E-state index in [0.29, 0.717) is 18.2 Å². The number of allylic oxidation sites excluding steroid dienone is 1. The van der Waals surface area contributed by atoms with Gasteiger partial charge >= 0.3 is 0 Å². The molecule has 40 heavy (non-hydrogen) atoms. The van der Waals surface area contributed by atoms with Gasteiger partial charge in [0.2, 0.25) is 0 Å². The van der Waals surface area contributed by atoms with Crippen LogP contribution in [0.15, 0.2) is 104 Å². The number of nitrogens with one attached hydrogen (secondary N) is 2. The molecule has 7 nitrogen and oxygen atoms in total. The highest BCUT2D eigenvalue weighted by Crippen LogP contribution is 2.35. The van der Waals surface area contributed by atoms with Crippen LogP contribution in [0, 0.1) is 0 Å². The molecule has 4 heterocycles. The molecule has 1 aliphatic carbocycles. The second-order valence-electron chi connectivity index (χ2n) is 10.2. The first kappa shape index (κ1) is 22.8. The van der Waals surface area contributed by atoms with E-state index in [2.05, 4.69) is 77.6 Å². The number of fused-ring (bicyclic) bond motifs is 15. The van der Waals surface area contributed by atoms with Gasteiger partial charge in [-0.3, -0.25) is 4.99 Å². The lowest BCUT2D eigenvalue weighted by Gasteiger charge is -2.07. The van der Waals surface area contributed by atoms with E-state index in [4.69, 9.17) is 25.0 Å². The second kappa shape index (κ2) is 8.95. The normalized spacial score (nSPS) is 19.9. The molecular formula is C33H25N7. The van der Waals surface area contributed by atoms with E-state index in [-0.39, 0.29) is 0 Å². The number of hydrogen-bond acceptors (Lipinski definition) is 5. The standard InChI is InChI=1S/C33H25N7/c1-19-21-11-3-2-10-20(21)18-34-28-22-12-4-5-13-23(22)30(36-28)38-32-26-16-8-9-17-27(26)33(40-32)39-31-25-15-7-6-14-24(25)29(35-19)37-31/h2-3,5-11,13-17,37H,4,12,18H2,1H3,(H,34,36,38,39,40)/b35-19+. The lowest BCUT2D eigenvalue weighted by atomic mass is 10.0. The van der Waals surface area contributed by atoms with Crippen molar-refractivity contribution in [1.82, 2.24) is 9.97 Å². The average Bonchev–Trinajstić information content (AvgIpc) is 3.64. The molecule has 2 N–H and O–H groups in total. The topological polar surface area (TPSA) is 93.4 Å². The molecule has 7 heteroatoms. The van der Waals surface area contributed by atoms with Crippen molar-refractivity contribution in [2.75, 3.05) is 0 Å². The number of aliphatic imine (C=N–C) groups is 3. The molecule has 0 spiro atoms. The first-order valence-corrected chi connectivity index (χ1v) is 13.5. The Kier molecular flexibility index (Phi) is 5.10. The minimum absolute atomic E-state index is 0.535. The first-order valence-electron chi connectivity index (χ1n) is 13.5. The number of benzene rings is 3. The van der Waals surface area contributed by atoms with Crippen LogP contribution < -0.4 is 11.0 Å². The van der Waals surface area contributed by atoms with Gasteiger partial charge in [-0.2, -0.15) is 0 Å². The SMILES string of the molecule is C/C1=N\c2[nH]c(c3ccccc23)/N=C2N=C(/N=c3\[nH]/c(c4c3C=CCC4)=N\Cc3ccccc31)c1ccccc1\2. The van der Waals surface area contributed by atoms with Gasteiger partial charge in [0, 0.05) is 44.3 Å². The fraction of sp³-hybridized carbons (Fsp3) is 0.121. The van der Waals surface area contributed by atoms with E-state index in [1.807, 2.05) is 24.3 Å². The van der Waals surface area contributed by atoms with Crippen LogP contribution >= 0.6 is 0 Å². The third-order valence-electron chi connectivity index (χ3n) is 7.77. The van der Waals surface area contributed by atoms with Gasteiger partial charge in [0.25, 0.3) is 0 Å². The minimum Gasteiger partial charge on any atom is -0.324 e. The highest BCUT2D eigenvalue weighted by molar-refractivity contribution is 6.23. The Hall–Kier alpha value is -5.17. The molecule has 0 atom stereocenters. The Labute approximate surface area is 230 Å². The zero-order valence-corrected chi connectivity index (χ0v) is 21.9. The summed E-state index contributed by atoms with van der Waals surface area (Å²) in [5.41, 5.74) is 8.98. The summed E-state index contributed by atoms with van der Waals surface area (Å²) < 4.78 is 0. The minimum atomic E-state index is 0.535. The molecule has 6 bridgehead atoms. The highest BCUT2D eigenvalue weighted by atomic mass is 15.1. The van der Waals surface area contributed by atoms with Crippen LogP contribution in [0.3, 0.4) is 0 Å². The summed E-state index contributed by atoms with van der Waals surface area (Å²) in [7, 11) is 0. The zero-order valence-electron chi connectivity index (χ0n) is 21.9. The predicted molar refractivity (Wildman–Crippen MR) is 160 cm³/mol. The van der Waals surface area contributed by atoms with E-state index in [9.17, 15) is 0 Å². The largest absolute Gasteiger partial charge is 0.324 e. The fourth-order valence-electron chi connectivity index (χ4n) is 5.81. The summed E-state index contributed by atoms with van der Waals surface area (Å²) in [5, 5.41) is 2.01. The van der Waals surface area contributed by atoms with Gasteiger partial charge in [0.15, 0.2) is 11.7 Å². The number of amidine groups is 2. The maximum absolute atomic E-state index is 5.08. The van der Waals surface area contributed by atoms with E-state index in [0.717, 1.165) is 79.8 Å². The lowest BCUT2D eigenvalue weighted by Crippen LogP contribution is -2.15. The van der Waals surface area contributed by atoms with Gasteiger partial charge < -0.3 is 9.97 Å². The van der Waals surface area contributed by atoms with Crippen molar-refractivity contribution >= 4 is 45.9 Å². The van der Waals surface area contributed by atoms with Crippen LogP contribution in [0.25, 0.3) is 16.8 Å². The predicted octanol–water partition coefficient (Wildman–Crippen LogP) is 5.89. The van der Waals surface area contributed by atoms with Gasteiger partial charge in [-0.1, -0.05) is 84.9 Å². The maximum atomic E-state index is 5.08. The molecule has 0 amide bonds. The molecule has 0 radical (unpaired) electrons. The van der Waals surface area contributed by atoms with Gasteiger partial charge in [-0.25, -0.2) is 20.0 Å². The van der Waals surface area contributed by atoms with E-state index < -0.39 is 0 Å². The summed E-state index contributed by atoms with van der Waals surface area (Å²) in [6.07, 6.45) is 6.26. The zero-order chi connectivity index (χ0) is 26.6. The highest BCUT2D eigenvalue weighted by Gasteiger charge is 2.23. The van der Waals surface area contributed by atoms with Crippen LogP contribution in [0.1, 0.15) is 46.7 Å². The van der Waals surface area contributed by atoms with Crippen molar-refractivity contribution in [3.05, 3.63) is 123 Å². The van der Waals surface area contributed by atoms with E-state index >= 15 is 0 Å². The van der Waals surface area contributed by atoms with Crippen LogP contribution in [0.2, 0.25) is 0 Å². The molecule has 2 aromatic heterocycles. The molecule has 2 aliphatic heterocycles. The number of aromatic nitrogens is 2. The van der Waals surface area contributed by atoms with Crippen molar-refractivity contribution in [3.63, 3.8) is 0 Å². The number of hydrogen-bond donors (Lipinski definition) is 2. The van der Waals surface area contributed by atoms with Crippen LogP contribution in [-0.4, -0.2) is 27.4 Å². The number of H-pyrrole nitrogens is 2. The van der Waals surface area contributed by atoms with Crippen molar-refractivity contribution in [3.8, 4) is 0 Å². The van der Waals surface area contributed by atoms with Crippen LogP contribution in [0.4, 0.5) is 11.6 Å². The number of aromatic amines is 2. The first-order chi connectivity index (χ1) is 19.7. The Balaban J connectivity index is 1.45. The third-order valence-corrected chi connectivity index (χ3v) is 7.77. The van der Waals surface area contributed by atoms with Crippen molar-refractivity contribution in [2.24, 2.45) is 25.0 Å². The Morgan fingerprint density at radius 2 is 1.32 bits per heavy atom. The molecule has 0 saturated heterocycles. The maximum Gasteiger partial charge on any atom is 0.164 e. The third kappa shape index (κ3) is 3.62. The number of rotatable bonds is 0. The molecule has 0 unspecified atom stereocenters. The molecule has 192 valence electrons. The summed E-state index contributed by atoms with van der Waals surface area (Å²) in [5.74, 6) is 2.78. The Morgan fingerprint density at radius 1 is 0.650 bits per heavy atom. The lowest BCUT2D eigenvalue weighted by molar-refractivity contribution is 0.914. The Bertz CT molecular complexity index is 2100. The van der Waals surface area contributed by atoms with Crippen molar-refractivity contribution < 1.29 is 0 Å². The molecule has 3 aliphatic rings. The van der Waals surface area contributed by atoms with E-state index in [1.165, 1.54) is 5.56 Å². The van der Waals surface area contributed by atoms with Crippen LogP contribution in [0.5, 0.6) is 0 Å². The smallest absolute Gasteiger partial charge is 0.164 e. The fourth-order valence-corrected chi connectivity index (χ4v) is 5.81. The van der Waals surface area contributed by atoms with E-state index in [1.54, 1.807) is 0 Å². The molecule has 3 aromatic carbocycles. The summed E-state index contributed by atoms with van der Waals surface area (Å²) >= 11 is 0. The monoisotopic (exact) mass is 519 g/mol. The molecular weight excluding hydrogens is 494 g/mol. The van der Waals surface area contributed by atoms with Gasteiger partial charge in [-0.05, 0) is 25.3 Å². The average molecular weight is 520 g/mol. The second-order valence-corrected chi connectivity index (χ2v) is 10.2. The van der Waals surface area contributed by atoms with Crippen molar-refractivity contribution in [1.29, 1.82) is 0 Å². The van der Waals surface area contributed by atoms with Gasteiger partial charge in [0.1, 0.15) is 22.6 Å². The summed E-state index contributed by atoms with van der Waals surface area (Å²) in [4.78, 5) is 32.2. The summed E-state index contributed by atoms with van der Waals surface area (Å²) in [6.45, 7) is 2.59. The molecule has 5 aromatic rings. The Morgan fingerprint density at radius 3 is 2.12 bits per heavy atom.